The highest BCUT2D eigenvalue weighted by atomic mass is 19.4. The monoisotopic (exact) mass is 345 g/mol. The lowest BCUT2D eigenvalue weighted by Crippen LogP contribution is -2.46. The van der Waals surface area contributed by atoms with Gasteiger partial charge in [-0.2, -0.15) is 26.3 Å². The van der Waals surface area contributed by atoms with Crippen molar-refractivity contribution in [2.75, 3.05) is 0 Å². The van der Waals surface area contributed by atoms with Gasteiger partial charge in [-0.25, -0.2) is 4.98 Å². The molecule has 24 heavy (non-hydrogen) atoms. The molecule has 2 aromatic carbocycles. The van der Waals surface area contributed by atoms with Crippen LogP contribution in [0.3, 0.4) is 0 Å². The van der Waals surface area contributed by atoms with E-state index in [0.717, 1.165) is 0 Å². The first kappa shape index (κ1) is 16.4. The van der Waals surface area contributed by atoms with Gasteiger partial charge in [-0.3, -0.25) is 0 Å². The van der Waals surface area contributed by atoms with E-state index < -0.39 is 24.2 Å². The summed E-state index contributed by atoms with van der Waals surface area (Å²) < 4.78 is 81.5. The van der Waals surface area contributed by atoms with Gasteiger partial charge < -0.3 is 4.74 Å². The number of rotatable bonds is 2. The quantitative estimate of drug-likeness (QED) is 0.467. The molecular weight excluding hydrogens is 336 g/mol. The van der Waals surface area contributed by atoms with Gasteiger partial charge in [-0.15, -0.1) is 0 Å². The molecule has 8 heteroatoms. The second-order valence-electron chi connectivity index (χ2n) is 5.06. The number of halogens is 6. The number of hydrogen-bond acceptors (Lipinski definition) is 2. The van der Waals surface area contributed by atoms with Crippen LogP contribution in [0.4, 0.5) is 26.3 Å². The van der Waals surface area contributed by atoms with E-state index in [1.165, 1.54) is 36.4 Å². The van der Waals surface area contributed by atoms with E-state index in [-0.39, 0.29) is 21.8 Å². The lowest BCUT2D eigenvalue weighted by molar-refractivity contribution is -0.299. The average molecular weight is 345 g/mol. The molecule has 0 saturated heterocycles. The maximum Gasteiger partial charge on any atom is 0.434 e. The first-order chi connectivity index (χ1) is 11.2. The molecule has 3 aromatic rings. The fraction of sp³-hybridized carbons (Fsp3) is 0.188. The molecule has 0 aliphatic heterocycles. The SMILES string of the molecule is FC(F)(F)C(Oc1c2ccccc2nc2ccccc12)C(F)(F)F. The Bertz CT molecular complexity index is 819. The Balaban J connectivity index is 2.26. The maximum atomic E-state index is 12.8. The van der Waals surface area contributed by atoms with Crippen LogP contribution < -0.4 is 4.74 Å². The molecule has 126 valence electrons. The summed E-state index contributed by atoms with van der Waals surface area (Å²) in [6.45, 7) is 0. The predicted octanol–water partition coefficient (Wildman–Crippen LogP) is 5.26. The predicted molar refractivity (Wildman–Crippen MR) is 75.8 cm³/mol. The summed E-state index contributed by atoms with van der Waals surface area (Å²) in [7, 11) is 0. The molecule has 1 heterocycles. The Hall–Kier alpha value is -2.51. The number of para-hydroxylation sites is 2. The minimum absolute atomic E-state index is 0.0784. The van der Waals surface area contributed by atoms with E-state index in [1.54, 1.807) is 12.1 Å². The third-order valence-electron chi connectivity index (χ3n) is 3.37. The second-order valence-corrected chi connectivity index (χ2v) is 5.06. The molecule has 0 unspecified atom stereocenters. The van der Waals surface area contributed by atoms with Crippen LogP contribution >= 0.6 is 0 Å². The molecular formula is C16H9F6NO. The molecule has 0 saturated carbocycles. The first-order valence-electron chi connectivity index (χ1n) is 6.75. The van der Waals surface area contributed by atoms with Crippen LogP contribution in [0.5, 0.6) is 5.75 Å². The van der Waals surface area contributed by atoms with Crippen LogP contribution in [-0.4, -0.2) is 23.4 Å². The van der Waals surface area contributed by atoms with Crippen LogP contribution in [0, 0.1) is 0 Å². The van der Waals surface area contributed by atoms with Gasteiger partial charge in [0.2, 0.25) is 0 Å². The van der Waals surface area contributed by atoms with Crippen LogP contribution in [0.2, 0.25) is 0 Å². The molecule has 0 aliphatic rings. The summed E-state index contributed by atoms with van der Waals surface area (Å²) >= 11 is 0. The Morgan fingerprint density at radius 1 is 0.708 bits per heavy atom. The van der Waals surface area contributed by atoms with Crippen molar-refractivity contribution in [3.05, 3.63) is 48.5 Å². The van der Waals surface area contributed by atoms with Crippen LogP contribution in [0.25, 0.3) is 21.8 Å². The molecule has 0 fully saturated rings. The summed E-state index contributed by atoms with van der Waals surface area (Å²) in [4.78, 5) is 4.23. The molecule has 0 spiro atoms. The van der Waals surface area contributed by atoms with Crippen molar-refractivity contribution < 1.29 is 31.1 Å². The number of fused-ring (bicyclic) bond motifs is 2. The molecule has 0 bridgehead atoms. The van der Waals surface area contributed by atoms with Crippen LogP contribution in [-0.2, 0) is 0 Å². The third-order valence-corrected chi connectivity index (χ3v) is 3.37. The van der Waals surface area contributed by atoms with Crippen molar-refractivity contribution in [1.82, 2.24) is 4.98 Å². The van der Waals surface area contributed by atoms with Gasteiger partial charge in [-0.1, -0.05) is 24.3 Å². The molecule has 0 atom stereocenters. The molecule has 0 N–H and O–H groups in total. The van der Waals surface area contributed by atoms with Crippen LogP contribution in [0.15, 0.2) is 48.5 Å². The first-order valence-corrected chi connectivity index (χ1v) is 6.75. The van der Waals surface area contributed by atoms with E-state index in [0.29, 0.717) is 0 Å². The Labute approximate surface area is 131 Å². The van der Waals surface area contributed by atoms with E-state index in [9.17, 15) is 26.3 Å². The summed E-state index contributed by atoms with van der Waals surface area (Å²) in [5.74, 6) is -0.490. The number of aromatic nitrogens is 1. The smallest absolute Gasteiger partial charge is 0.434 e. The van der Waals surface area contributed by atoms with Gasteiger partial charge >= 0.3 is 12.4 Å². The number of alkyl halides is 6. The summed E-state index contributed by atoms with van der Waals surface area (Å²) in [5, 5.41) is 0.157. The fourth-order valence-corrected chi connectivity index (χ4v) is 2.37. The van der Waals surface area contributed by atoms with Crippen molar-refractivity contribution in [3.63, 3.8) is 0 Å². The molecule has 1 aromatic heterocycles. The van der Waals surface area contributed by atoms with Gasteiger partial charge in [0.25, 0.3) is 6.10 Å². The van der Waals surface area contributed by atoms with Gasteiger partial charge in [-0.05, 0) is 24.3 Å². The summed E-state index contributed by atoms with van der Waals surface area (Å²) in [6.07, 6.45) is -15.1. The Morgan fingerprint density at radius 2 is 1.12 bits per heavy atom. The normalized spacial score (nSPS) is 13.0. The fourth-order valence-electron chi connectivity index (χ4n) is 2.37. The third kappa shape index (κ3) is 2.95. The van der Waals surface area contributed by atoms with E-state index in [4.69, 9.17) is 0 Å². The minimum atomic E-state index is -5.59. The zero-order valence-corrected chi connectivity index (χ0v) is 11.8. The number of nitrogens with zero attached hydrogens (tertiary/aromatic N) is 1. The van der Waals surface area contributed by atoms with Crippen molar-refractivity contribution in [3.8, 4) is 5.75 Å². The van der Waals surface area contributed by atoms with Crippen LogP contribution in [0.1, 0.15) is 0 Å². The van der Waals surface area contributed by atoms with E-state index in [1.807, 2.05) is 0 Å². The topological polar surface area (TPSA) is 22.1 Å². The van der Waals surface area contributed by atoms with Crippen molar-refractivity contribution >= 4 is 21.8 Å². The van der Waals surface area contributed by atoms with Gasteiger partial charge in [0.15, 0.2) is 0 Å². The summed E-state index contributed by atoms with van der Waals surface area (Å²) in [5.41, 5.74) is 0.489. The minimum Gasteiger partial charge on any atom is -0.470 e. The van der Waals surface area contributed by atoms with Crippen molar-refractivity contribution in [2.24, 2.45) is 0 Å². The highest BCUT2D eigenvalue weighted by molar-refractivity contribution is 6.00. The van der Waals surface area contributed by atoms with Gasteiger partial charge in [0, 0.05) is 10.8 Å². The largest absolute Gasteiger partial charge is 0.470 e. The highest BCUT2D eigenvalue weighted by Crippen LogP contribution is 2.40. The van der Waals surface area contributed by atoms with Gasteiger partial charge in [0.05, 0.1) is 11.0 Å². The Kier molecular flexibility index (Phi) is 3.77. The molecule has 0 aliphatic carbocycles. The molecule has 0 radical (unpaired) electrons. The van der Waals surface area contributed by atoms with E-state index >= 15 is 0 Å². The molecule has 0 amide bonds. The summed E-state index contributed by atoms with van der Waals surface area (Å²) in [6, 6.07) is 11.9. The maximum absolute atomic E-state index is 12.8. The zero-order chi connectivity index (χ0) is 17.5. The number of ether oxygens (including phenoxy) is 1. The number of benzene rings is 2. The Morgan fingerprint density at radius 3 is 1.54 bits per heavy atom. The lowest BCUT2D eigenvalue weighted by Gasteiger charge is -2.25. The highest BCUT2D eigenvalue weighted by Gasteiger charge is 2.59. The average Bonchev–Trinajstić information content (AvgIpc) is 2.48. The number of pyridine rings is 1. The van der Waals surface area contributed by atoms with Crippen molar-refractivity contribution in [2.45, 2.75) is 18.5 Å². The lowest BCUT2D eigenvalue weighted by atomic mass is 10.1. The molecule has 3 rings (SSSR count). The second kappa shape index (κ2) is 5.54. The molecule has 2 nitrogen and oxygen atoms in total. The zero-order valence-electron chi connectivity index (χ0n) is 11.8. The van der Waals surface area contributed by atoms with E-state index in [2.05, 4.69) is 9.72 Å². The van der Waals surface area contributed by atoms with Crippen molar-refractivity contribution in [1.29, 1.82) is 0 Å². The standard InChI is InChI=1S/C16H9F6NO/c17-15(18,19)14(16(20,21)22)24-13-9-5-1-3-7-11(9)23-12-8-4-2-6-10(12)13/h1-8,14H. The van der Waals surface area contributed by atoms with Gasteiger partial charge in [0.1, 0.15) is 5.75 Å². The number of hydrogen-bond donors (Lipinski definition) is 0.